The quantitative estimate of drug-likeness (QED) is 0.543. The largest absolute Gasteiger partial charge is 0.497 e. The first-order valence-corrected chi connectivity index (χ1v) is 6.32. The Labute approximate surface area is 118 Å². The van der Waals surface area contributed by atoms with Gasteiger partial charge in [-0.05, 0) is 12.1 Å². The molecule has 0 fully saturated rings. The van der Waals surface area contributed by atoms with Gasteiger partial charge in [0.1, 0.15) is 5.75 Å². The van der Waals surface area contributed by atoms with Gasteiger partial charge in [-0.25, -0.2) is 0 Å². The minimum Gasteiger partial charge on any atom is -0.497 e. The van der Waals surface area contributed by atoms with E-state index in [2.05, 4.69) is 5.32 Å². The monoisotopic (exact) mass is 275 g/mol. The minimum atomic E-state index is -1.57. The standard InChI is InChI=1S/C14H18BNO4/c1-19-11-6-7-12(15(17)18)13(10-11)16-14(20-2)8-4-3-5-9-14/h3-8,10,16-18H,9H2,1-2H3. The topological polar surface area (TPSA) is 71.0 Å². The molecule has 1 aromatic rings. The lowest BCUT2D eigenvalue weighted by Crippen LogP contribution is -2.42. The van der Waals surface area contributed by atoms with Crippen LogP contribution in [-0.4, -0.2) is 37.1 Å². The SMILES string of the molecule is COc1ccc(B(O)O)c(NC2(OC)C=CC=CC2)c1. The number of anilines is 1. The van der Waals surface area contributed by atoms with E-state index in [9.17, 15) is 10.0 Å². The Bertz CT molecular complexity index is 530. The zero-order valence-corrected chi connectivity index (χ0v) is 11.5. The molecule has 0 aliphatic heterocycles. The second-order valence-corrected chi connectivity index (χ2v) is 4.54. The lowest BCUT2D eigenvalue weighted by molar-refractivity contribution is 0.0587. The Morgan fingerprint density at radius 1 is 1.25 bits per heavy atom. The fourth-order valence-electron chi connectivity index (χ4n) is 2.12. The number of ether oxygens (including phenoxy) is 2. The first-order chi connectivity index (χ1) is 9.60. The Kier molecular flexibility index (Phi) is 4.49. The molecule has 1 unspecified atom stereocenters. The number of benzene rings is 1. The molecule has 0 saturated carbocycles. The number of methoxy groups -OCH3 is 2. The first-order valence-electron chi connectivity index (χ1n) is 6.32. The maximum Gasteiger partial charge on any atom is 0.490 e. The van der Waals surface area contributed by atoms with Gasteiger partial charge in [-0.2, -0.15) is 0 Å². The van der Waals surface area contributed by atoms with E-state index in [0.717, 1.165) is 0 Å². The third-order valence-corrected chi connectivity index (χ3v) is 3.28. The summed E-state index contributed by atoms with van der Waals surface area (Å²) in [6.07, 6.45) is 8.32. The van der Waals surface area contributed by atoms with Crippen LogP contribution < -0.4 is 15.5 Å². The van der Waals surface area contributed by atoms with E-state index >= 15 is 0 Å². The zero-order valence-electron chi connectivity index (χ0n) is 11.5. The van der Waals surface area contributed by atoms with Gasteiger partial charge in [0.2, 0.25) is 0 Å². The number of hydrogen-bond donors (Lipinski definition) is 3. The molecule has 1 aromatic carbocycles. The summed E-state index contributed by atoms with van der Waals surface area (Å²) in [7, 11) is 1.59. The highest BCUT2D eigenvalue weighted by Gasteiger charge is 2.29. The molecule has 3 N–H and O–H groups in total. The van der Waals surface area contributed by atoms with Crippen molar-refractivity contribution in [2.24, 2.45) is 0 Å². The molecule has 0 bridgehead atoms. The summed E-state index contributed by atoms with van der Waals surface area (Å²) < 4.78 is 10.7. The number of nitrogens with one attached hydrogen (secondary N) is 1. The second-order valence-electron chi connectivity index (χ2n) is 4.54. The summed E-state index contributed by atoms with van der Waals surface area (Å²) in [6.45, 7) is 0. The molecule has 20 heavy (non-hydrogen) atoms. The van der Waals surface area contributed by atoms with Crippen molar-refractivity contribution in [3.05, 3.63) is 42.5 Å². The van der Waals surface area contributed by atoms with Gasteiger partial charge in [0.05, 0.1) is 7.11 Å². The summed E-state index contributed by atoms with van der Waals surface area (Å²) in [4.78, 5) is 0. The van der Waals surface area contributed by atoms with Crippen LogP contribution in [0.25, 0.3) is 0 Å². The Balaban J connectivity index is 2.35. The van der Waals surface area contributed by atoms with E-state index in [0.29, 0.717) is 23.3 Å². The van der Waals surface area contributed by atoms with Gasteiger partial charge in [0.15, 0.2) is 5.72 Å². The molecule has 1 aliphatic rings. The summed E-state index contributed by atoms with van der Waals surface area (Å²) in [5.74, 6) is 0.624. The van der Waals surface area contributed by atoms with E-state index in [4.69, 9.17) is 9.47 Å². The Morgan fingerprint density at radius 3 is 2.60 bits per heavy atom. The summed E-state index contributed by atoms with van der Waals surface area (Å²) >= 11 is 0. The van der Waals surface area contributed by atoms with Crippen LogP contribution in [0.15, 0.2) is 42.5 Å². The molecule has 1 atom stereocenters. The van der Waals surface area contributed by atoms with E-state index in [1.54, 1.807) is 32.4 Å². The number of allylic oxidation sites excluding steroid dienone is 2. The van der Waals surface area contributed by atoms with Crippen LogP contribution in [0.1, 0.15) is 6.42 Å². The molecule has 0 radical (unpaired) electrons. The highest BCUT2D eigenvalue weighted by atomic mass is 16.5. The van der Waals surface area contributed by atoms with Crippen molar-refractivity contribution in [1.82, 2.24) is 0 Å². The molecule has 2 rings (SSSR count). The first kappa shape index (κ1) is 14.6. The van der Waals surface area contributed by atoms with Gasteiger partial charge in [0, 0.05) is 30.7 Å². The van der Waals surface area contributed by atoms with E-state index in [-0.39, 0.29) is 0 Å². The molecular formula is C14H18BNO4. The summed E-state index contributed by atoms with van der Waals surface area (Å²) in [5, 5.41) is 22.1. The van der Waals surface area contributed by atoms with E-state index in [1.807, 2.05) is 24.3 Å². The van der Waals surface area contributed by atoms with Crippen LogP contribution in [0.4, 0.5) is 5.69 Å². The molecular weight excluding hydrogens is 257 g/mol. The predicted octanol–water partition coefficient (Wildman–Crippen LogP) is 0.646. The molecule has 106 valence electrons. The van der Waals surface area contributed by atoms with Crippen LogP contribution >= 0.6 is 0 Å². The van der Waals surface area contributed by atoms with Crippen molar-refractivity contribution in [3.8, 4) is 5.75 Å². The Morgan fingerprint density at radius 2 is 2.05 bits per heavy atom. The third-order valence-electron chi connectivity index (χ3n) is 3.28. The fraction of sp³-hybridized carbons (Fsp3) is 0.286. The minimum absolute atomic E-state index is 0.366. The van der Waals surface area contributed by atoms with Crippen LogP contribution in [-0.2, 0) is 4.74 Å². The summed E-state index contributed by atoms with van der Waals surface area (Å²) in [5.41, 5.74) is 0.219. The van der Waals surface area contributed by atoms with Gasteiger partial charge in [-0.1, -0.05) is 24.3 Å². The molecule has 0 heterocycles. The second kappa shape index (κ2) is 6.13. The maximum absolute atomic E-state index is 9.46. The molecule has 5 nitrogen and oxygen atoms in total. The molecule has 0 aromatic heterocycles. The van der Waals surface area contributed by atoms with Crippen molar-refractivity contribution >= 4 is 18.3 Å². The molecule has 0 amide bonds. The van der Waals surface area contributed by atoms with Crippen molar-refractivity contribution < 1.29 is 19.5 Å². The Hall–Kier alpha value is -1.76. The number of rotatable bonds is 5. The predicted molar refractivity (Wildman–Crippen MR) is 79.1 cm³/mol. The van der Waals surface area contributed by atoms with Crippen LogP contribution in [0.5, 0.6) is 5.75 Å². The van der Waals surface area contributed by atoms with Crippen LogP contribution in [0.3, 0.4) is 0 Å². The van der Waals surface area contributed by atoms with Gasteiger partial charge in [0.25, 0.3) is 0 Å². The maximum atomic E-state index is 9.46. The molecule has 1 aliphatic carbocycles. The van der Waals surface area contributed by atoms with Gasteiger partial charge in [-0.15, -0.1) is 0 Å². The number of hydrogen-bond acceptors (Lipinski definition) is 5. The smallest absolute Gasteiger partial charge is 0.490 e. The van der Waals surface area contributed by atoms with Crippen molar-refractivity contribution in [2.75, 3.05) is 19.5 Å². The van der Waals surface area contributed by atoms with E-state index < -0.39 is 12.8 Å². The normalized spacial score (nSPS) is 20.8. The lowest BCUT2D eigenvalue weighted by atomic mass is 9.78. The van der Waals surface area contributed by atoms with Gasteiger partial charge in [-0.3, -0.25) is 0 Å². The van der Waals surface area contributed by atoms with Gasteiger partial charge >= 0.3 is 7.12 Å². The van der Waals surface area contributed by atoms with Crippen molar-refractivity contribution in [2.45, 2.75) is 12.1 Å². The van der Waals surface area contributed by atoms with Crippen LogP contribution in [0.2, 0.25) is 0 Å². The van der Waals surface area contributed by atoms with Crippen molar-refractivity contribution in [3.63, 3.8) is 0 Å². The highest BCUT2D eigenvalue weighted by Crippen LogP contribution is 2.25. The molecule has 0 saturated heterocycles. The molecule has 6 heteroatoms. The summed E-state index contributed by atoms with van der Waals surface area (Å²) in [6, 6.07) is 5.00. The zero-order chi connectivity index (χ0) is 14.6. The average Bonchev–Trinajstić information content (AvgIpc) is 2.47. The third kappa shape index (κ3) is 3.04. The van der Waals surface area contributed by atoms with Gasteiger partial charge < -0.3 is 24.8 Å². The van der Waals surface area contributed by atoms with Crippen LogP contribution in [0, 0.1) is 0 Å². The average molecular weight is 275 g/mol. The molecule has 0 spiro atoms. The van der Waals surface area contributed by atoms with Crippen molar-refractivity contribution in [1.29, 1.82) is 0 Å². The van der Waals surface area contributed by atoms with E-state index in [1.165, 1.54) is 0 Å². The lowest BCUT2D eigenvalue weighted by Gasteiger charge is -2.32. The fourth-order valence-corrected chi connectivity index (χ4v) is 2.12. The highest BCUT2D eigenvalue weighted by molar-refractivity contribution is 6.60.